The maximum Gasteiger partial charge on any atom is 0.115 e. The normalized spacial score (nSPS) is 9.20. The number of aromatic amines is 1. The molecule has 1 aromatic carbocycles. The van der Waals surface area contributed by atoms with Gasteiger partial charge in [0, 0.05) is 5.69 Å². The summed E-state index contributed by atoms with van der Waals surface area (Å²) in [4.78, 5) is 6.68. The first-order chi connectivity index (χ1) is 7.24. The number of phenolic OH excluding ortho intramolecular Hbond substituents is 1. The number of hydrogen-bond donors (Lipinski definition) is 3. The summed E-state index contributed by atoms with van der Waals surface area (Å²) in [7, 11) is 0. The monoisotopic (exact) mass is 206 g/mol. The number of benzene rings is 1. The Morgan fingerprint density at radius 2 is 1.93 bits per heavy atom. The second kappa shape index (κ2) is 5.82. The molecular formula is C11H14N2O2. The fraction of sp³-hybridized carbons (Fsp3) is 0.182. The van der Waals surface area contributed by atoms with E-state index in [0.717, 1.165) is 11.4 Å². The van der Waals surface area contributed by atoms with Crippen LogP contribution in [0, 0.1) is 6.92 Å². The molecule has 0 atom stereocenters. The Morgan fingerprint density at radius 3 is 2.20 bits per heavy atom. The number of aromatic nitrogens is 2. The number of nitrogens with one attached hydrogen (secondary N) is 1. The van der Waals surface area contributed by atoms with Crippen molar-refractivity contribution in [2.24, 2.45) is 0 Å². The highest BCUT2D eigenvalue weighted by molar-refractivity contribution is 5.18. The van der Waals surface area contributed by atoms with Crippen LogP contribution in [0.2, 0.25) is 0 Å². The number of H-pyrrole nitrogens is 1. The Kier molecular flexibility index (Phi) is 4.37. The summed E-state index contributed by atoms with van der Waals surface area (Å²) in [5.41, 5.74) is 1.66. The Hall–Kier alpha value is -1.81. The van der Waals surface area contributed by atoms with Crippen molar-refractivity contribution in [1.82, 2.24) is 9.97 Å². The van der Waals surface area contributed by atoms with Crippen molar-refractivity contribution in [1.29, 1.82) is 0 Å². The van der Waals surface area contributed by atoms with E-state index in [9.17, 15) is 0 Å². The van der Waals surface area contributed by atoms with E-state index >= 15 is 0 Å². The molecule has 0 unspecified atom stereocenters. The third kappa shape index (κ3) is 3.83. The van der Waals surface area contributed by atoms with Crippen LogP contribution >= 0.6 is 0 Å². The number of nitrogens with zero attached hydrogens (tertiary/aromatic N) is 1. The molecule has 3 N–H and O–H groups in total. The van der Waals surface area contributed by atoms with Crippen LogP contribution in [0.3, 0.4) is 0 Å². The Balaban J connectivity index is 0.000000151. The van der Waals surface area contributed by atoms with Gasteiger partial charge in [-0.1, -0.05) is 18.2 Å². The van der Waals surface area contributed by atoms with Crippen LogP contribution in [0.15, 0.2) is 36.7 Å². The van der Waals surface area contributed by atoms with Crippen molar-refractivity contribution >= 4 is 0 Å². The van der Waals surface area contributed by atoms with Crippen molar-refractivity contribution in [2.75, 3.05) is 0 Å². The van der Waals surface area contributed by atoms with E-state index in [4.69, 9.17) is 10.2 Å². The number of aryl methyl sites for hydroxylation is 1. The number of aromatic hydroxyl groups is 1. The minimum absolute atomic E-state index is 0.0231. The number of imidazole rings is 1. The van der Waals surface area contributed by atoms with E-state index in [1.165, 1.54) is 0 Å². The van der Waals surface area contributed by atoms with Gasteiger partial charge in [-0.05, 0) is 19.1 Å². The predicted molar refractivity (Wildman–Crippen MR) is 57.4 cm³/mol. The van der Waals surface area contributed by atoms with Crippen LogP contribution in [0.4, 0.5) is 0 Å². The van der Waals surface area contributed by atoms with Gasteiger partial charge < -0.3 is 15.2 Å². The molecule has 0 aliphatic heterocycles. The van der Waals surface area contributed by atoms with Crippen LogP contribution in [0.5, 0.6) is 5.75 Å². The molecule has 0 fully saturated rings. The molecule has 15 heavy (non-hydrogen) atoms. The van der Waals surface area contributed by atoms with Gasteiger partial charge in [0.15, 0.2) is 0 Å². The van der Waals surface area contributed by atoms with Crippen molar-refractivity contribution in [3.05, 3.63) is 48.0 Å². The highest BCUT2D eigenvalue weighted by atomic mass is 16.3. The summed E-state index contributed by atoms with van der Waals surface area (Å²) in [6, 6.07) is 8.71. The highest BCUT2D eigenvalue weighted by Gasteiger charge is 1.94. The summed E-state index contributed by atoms with van der Waals surface area (Å²) in [5.74, 6) is 0.322. The predicted octanol–water partition coefficient (Wildman–Crippen LogP) is 1.60. The van der Waals surface area contributed by atoms with Crippen molar-refractivity contribution < 1.29 is 10.2 Å². The summed E-state index contributed by atoms with van der Waals surface area (Å²) in [6.45, 7) is 1.90. The molecule has 2 aromatic rings. The lowest BCUT2D eigenvalue weighted by atomic mass is 10.3. The van der Waals surface area contributed by atoms with E-state index in [2.05, 4.69) is 9.97 Å². The number of aliphatic hydroxyl groups excluding tert-OH is 1. The molecule has 4 nitrogen and oxygen atoms in total. The molecule has 1 aromatic heterocycles. The van der Waals surface area contributed by atoms with E-state index in [1.54, 1.807) is 30.6 Å². The highest BCUT2D eigenvalue weighted by Crippen LogP contribution is 2.02. The van der Waals surface area contributed by atoms with Gasteiger partial charge >= 0.3 is 0 Å². The topological polar surface area (TPSA) is 69.1 Å². The van der Waals surface area contributed by atoms with Gasteiger partial charge in [-0.25, -0.2) is 4.98 Å². The van der Waals surface area contributed by atoms with Gasteiger partial charge in [0.05, 0.1) is 18.6 Å². The second-order valence-corrected chi connectivity index (χ2v) is 2.97. The van der Waals surface area contributed by atoms with Crippen molar-refractivity contribution in [3.8, 4) is 5.75 Å². The first-order valence-electron chi connectivity index (χ1n) is 4.57. The lowest BCUT2D eigenvalue weighted by molar-refractivity contribution is 0.276. The van der Waals surface area contributed by atoms with E-state index < -0.39 is 0 Å². The number of para-hydroxylation sites is 1. The minimum atomic E-state index is 0.0231. The van der Waals surface area contributed by atoms with Gasteiger partial charge in [-0.3, -0.25) is 0 Å². The zero-order valence-corrected chi connectivity index (χ0v) is 8.51. The largest absolute Gasteiger partial charge is 0.508 e. The number of aliphatic hydroxyl groups is 1. The minimum Gasteiger partial charge on any atom is -0.508 e. The Labute approximate surface area is 88.2 Å². The van der Waals surface area contributed by atoms with Crippen LogP contribution < -0.4 is 0 Å². The lowest BCUT2D eigenvalue weighted by Gasteiger charge is -1.85. The van der Waals surface area contributed by atoms with Crippen LogP contribution in [0.1, 0.15) is 11.4 Å². The van der Waals surface area contributed by atoms with Crippen molar-refractivity contribution in [2.45, 2.75) is 13.5 Å². The maximum atomic E-state index is 8.63. The standard InChI is InChI=1S/C6H6O.C5H8N2O/c7-6-4-2-1-3-5-6;1-4-5(2-8)7-3-6-4/h1-5,7H;3,8H,2H2,1H3,(H,6,7). The third-order valence-electron chi connectivity index (χ3n) is 1.84. The molecular weight excluding hydrogens is 192 g/mol. The fourth-order valence-electron chi connectivity index (χ4n) is 0.975. The van der Waals surface area contributed by atoms with E-state index in [-0.39, 0.29) is 6.61 Å². The first kappa shape index (κ1) is 11.3. The molecule has 0 aliphatic rings. The van der Waals surface area contributed by atoms with Gasteiger partial charge in [0.25, 0.3) is 0 Å². The average molecular weight is 206 g/mol. The van der Waals surface area contributed by atoms with Gasteiger partial charge in [0.1, 0.15) is 5.75 Å². The number of rotatable bonds is 1. The third-order valence-corrected chi connectivity index (χ3v) is 1.84. The molecule has 1 heterocycles. The Morgan fingerprint density at radius 1 is 1.27 bits per heavy atom. The van der Waals surface area contributed by atoms with Crippen LogP contribution in [-0.4, -0.2) is 20.2 Å². The maximum absolute atomic E-state index is 8.63. The molecule has 0 bridgehead atoms. The summed E-state index contributed by atoms with van der Waals surface area (Å²) < 4.78 is 0. The quantitative estimate of drug-likeness (QED) is 0.663. The molecule has 0 saturated carbocycles. The van der Waals surface area contributed by atoms with Crippen molar-refractivity contribution in [3.63, 3.8) is 0 Å². The molecule has 0 radical (unpaired) electrons. The molecule has 0 aliphatic carbocycles. The van der Waals surface area contributed by atoms with E-state index in [0.29, 0.717) is 5.75 Å². The molecule has 0 saturated heterocycles. The smallest absolute Gasteiger partial charge is 0.115 e. The molecule has 4 heteroatoms. The molecule has 2 rings (SSSR count). The number of hydrogen-bond acceptors (Lipinski definition) is 3. The molecule has 0 spiro atoms. The summed E-state index contributed by atoms with van der Waals surface area (Å²) in [5, 5.41) is 17.2. The van der Waals surface area contributed by atoms with E-state index in [1.807, 2.05) is 13.0 Å². The Bertz CT molecular complexity index is 384. The van der Waals surface area contributed by atoms with Crippen LogP contribution in [0.25, 0.3) is 0 Å². The zero-order valence-electron chi connectivity index (χ0n) is 8.51. The fourth-order valence-corrected chi connectivity index (χ4v) is 0.975. The summed E-state index contributed by atoms with van der Waals surface area (Å²) >= 11 is 0. The molecule has 80 valence electrons. The number of phenols is 1. The second-order valence-electron chi connectivity index (χ2n) is 2.97. The van der Waals surface area contributed by atoms with Gasteiger partial charge in [-0.15, -0.1) is 0 Å². The molecule has 0 amide bonds. The lowest BCUT2D eigenvalue weighted by Crippen LogP contribution is -1.84. The van der Waals surface area contributed by atoms with Crippen LogP contribution in [-0.2, 0) is 6.61 Å². The van der Waals surface area contributed by atoms with Gasteiger partial charge in [-0.2, -0.15) is 0 Å². The SMILES string of the molecule is Cc1[nH]cnc1CO.Oc1ccccc1. The average Bonchev–Trinajstić information content (AvgIpc) is 2.66. The zero-order chi connectivity index (χ0) is 11.1. The summed E-state index contributed by atoms with van der Waals surface area (Å²) in [6.07, 6.45) is 1.57. The first-order valence-corrected chi connectivity index (χ1v) is 4.57. The van der Waals surface area contributed by atoms with Gasteiger partial charge in [0.2, 0.25) is 0 Å².